The molecule has 0 aliphatic rings. The molecule has 160 valence electrons. The lowest BCUT2D eigenvalue weighted by molar-refractivity contribution is -0.148. The van der Waals surface area contributed by atoms with Crippen LogP contribution in [0.2, 0.25) is 0 Å². The van der Waals surface area contributed by atoms with Crippen LogP contribution in [0.3, 0.4) is 0 Å². The molecule has 0 heterocycles. The molecule has 0 aliphatic carbocycles. The van der Waals surface area contributed by atoms with Gasteiger partial charge >= 0.3 is 18.8 Å². The van der Waals surface area contributed by atoms with Gasteiger partial charge in [0.15, 0.2) is 6.10 Å². The van der Waals surface area contributed by atoms with Crippen LogP contribution in [0.5, 0.6) is 5.75 Å². The van der Waals surface area contributed by atoms with Crippen molar-refractivity contribution in [3.63, 3.8) is 0 Å². The van der Waals surface area contributed by atoms with Crippen LogP contribution < -0.4 is 10.1 Å². The van der Waals surface area contributed by atoms with Crippen LogP contribution in [-0.4, -0.2) is 24.6 Å². The first-order chi connectivity index (χ1) is 14.1. The fraction of sp³-hybridized carbons (Fsp3) is 0.200. The Balaban J connectivity index is 1.94. The number of hydrogen-bond acceptors (Lipinski definition) is 4. The number of rotatable bonds is 7. The number of carbonyl (C=O) groups excluding carboxylic acids is 2. The monoisotopic (exact) mass is 429 g/mol. The SMILES string of the molecule is CC(OC(=O)/C=C/c1ccc(C(F)(F)F)cc1)C(=O)Nc1ccccc1OC(F)F. The highest BCUT2D eigenvalue weighted by Crippen LogP contribution is 2.29. The Morgan fingerprint density at radius 2 is 1.67 bits per heavy atom. The van der Waals surface area contributed by atoms with Gasteiger partial charge in [-0.15, -0.1) is 0 Å². The maximum Gasteiger partial charge on any atom is 0.416 e. The fourth-order valence-electron chi connectivity index (χ4n) is 2.22. The second kappa shape index (κ2) is 9.86. The zero-order chi connectivity index (χ0) is 22.3. The third-order valence-corrected chi connectivity index (χ3v) is 3.67. The van der Waals surface area contributed by atoms with E-state index < -0.39 is 36.3 Å². The van der Waals surface area contributed by atoms with E-state index in [1.54, 1.807) is 0 Å². The molecule has 0 radical (unpaired) electrons. The first-order valence-corrected chi connectivity index (χ1v) is 8.47. The van der Waals surface area contributed by atoms with E-state index in [1.807, 2.05) is 0 Å². The summed E-state index contributed by atoms with van der Waals surface area (Å²) in [6.07, 6.45) is -3.59. The summed E-state index contributed by atoms with van der Waals surface area (Å²) in [5.41, 5.74) is -0.551. The van der Waals surface area contributed by atoms with Crippen molar-refractivity contribution in [1.82, 2.24) is 0 Å². The van der Waals surface area contributed by atoms with Gasteiger partial charge in [0.1, 0.15) is 5.75 Å². The average molecular weight is 429 g/mol. The van der Waals surface area contributed by atoms with Gasteiger partial charge in [0.05, 0.1) is 11.3 Å². The minimum atomic E-state index is -4.47. The molecule has 1 unspecified atom stereocenters. The lowest BCUT2D eigenvalue weighted by atomic mass is 10.1. The number of anilines is 1. The number of carbonyl (C=O) groups is 2. The number of halogens is 5. The molecule has 0 saturated carbocycles. The Hall–Kier alpha value is -3.43. The van der Waals surface area contributed by atoms with Crippen LogP contribution in [0.15, 0.2) is 54.6 Å². The molecule has 1 atom stereocenters. The summed E-state index contributed by atoms with van der Waals surface area (Å²) in [4.78, 5) is 24.0. The maximum absolute atomic E-state index is 12.5. The smallest absolute Gasteiger partial charge is 0.416 e. The molecule has 30 heavy (non-hydrogen) atoms. The molecule has 0 fully saturated rings. The number of benzene rings is 2. The van der Waals surface area contributed by atoms with Crippen molar-refractivity contribution in [1.29, 1.82) is 0 Å². The topological polar surface area (TPSA) is 64.6 Å². The first-order valence-electron chi connectivity index (χ1n) is 8.47. The minimum Gasteiger partial charge on any atom is -0.449 e. The largest absolute Gasteiger partial charge is 0.449 e. The third-order valence-electron chi connectivity index (χ3n) is 3.67. The summed E-state index contributed by atoms with van der Waals surface area (Å²) in [6, 6.07) is 9.53. The molecule has 0 saturated heterocycles. The molecular formula is C20H16F5NO4. The Morgan fingerprint density at radius 1 is 1.03 bits per heavy atom. The number of alkyl halides is 5. The summed E-state index contributed by atoms with van der Waals surface area (Å²) < 4.78 is 71.6. The lowest BCUT2D eigenvalue weighted by Gasteiger charge is -2.15. The molecule has 0 spiro atoms. The number of hydrogen-bond donors (Lipinski definition) is 1. The van der Waals surface area contributed by atoms with Crippen molar-refractivity contribution >= 4 is 23.6 Å². The molecule has 2 aromatic rings. The molecule has 5 nitrogen and oxygen atoms in total. The van der Waals surface area contributed by atoms with Crippen LogP contribution >= 0.6 is 0 Å². The highest BCUT2D eigenvalue weighted by atomic mass is 19.4. The van der Waals surface area contributed by atoms with Gasteiger partial charge in [0.2, 0.25) is 0 Å². The molecule has 2 rings (SSSR count). The summed E-state index contributed by atoms with van der Waals surface area (Å²) in [5, 5.41) is 2.31. The van der Waals surface area contributed by atoms with Crippen molar-refractivity contribution < 1.29 is 41.0 Å². The molecule has 0 aliphatic heterocycles. The van der Waals surface area contributed by atoms with Crippen molar-refractivity contribution in [3.8, 4) is 5.75 Å². The van der Waals surface area contributed by atoms with Gasteiger partial charge in [-0.1, -0.05) is 24.3 Å². The molecule has 10 heteroatoms. The van der Waals surface area contributed by atoms with Crippen LogP contribution in [0.1, 0.15) is 18.1 Å². The number of ether oxygens (including phenoxy) is 2. The number of esters is 1. The predicted octanol–water partition coefficient (Wildman–Crippen LogP) is 4.89. The third kappa shape index (κ3) is 6.87. The average Bonchev–Trinajstić information content (AvgIpc) is 2.67. The van der Waals surface area contributed by atoms with E-state index in [4.69, 9.17) is 4.74 Å². The normalized spacial score (nSPS) is 12.6. The maximum atomic E-state index is 12.5. The zero-order valence-electron chi connectivity index (χ0n) is 15.5. The fourth-order valence-corrected chi connectivity index (χ4v) is 2.22. The van der Waals surface area contributed by atoms with Crippen molar-refractivity contribution in [2.75, 3.05) is 5.32 Å². The van der Waals surface area contributed by atoms with Gasteiger partial charge in [-0.2, -0.15) is 22.0 Å². The Kier molecular flexibility index (Phi) is 7.51. The van der Waals surface area contributed by atoms with Gasteiger partial charge in [0, 0.05) is 6.08 Å². The molecule has 0 aromatic heterocycles. The summed E-state index contributed by atoms with van der Waals surface area (Å²) >= 11 is 0. The van der Waals surface area contributed by atoms with E-state index in [0.29, 0.717) is 5.56 Å². The van der Waals surface area contributed by atoms with Gasteiger partial charge in [-0.25, -0.2) is 4.79 Å². The minimum absolute atomic E-state index is 0.0361. The van der Waals surface area contributed by atoms with Crippen molar-refractivity contribution in [3.05, 3.63) is 65.7 Å². The standard InChI is InChI=1S/C20H16F5NO4/c1-12(18(28)26-15-4-2-3-5-16(15)30-19(21)22)29-17(27)11-8-13-6-9-14(10-7-13)20(23,24)25/h2-12,19H,1H3,(H,26,28)/b11-8+. The molecule has 0 bridgehead atoms. The highest BCUT2D eigenvalue weighted by Gasteiger charge is 2.29. The molecule has 1 amide bonds. The Morgan fingerprint density at radius 3 is 2.27 bits per heavy atom. The van der Waals surface area contributed by atoms with Crippen LogP contribution in [0, 0.1) is 0 Å². The zero-order valence-corrected chi connectivity index (χ0v) is 15.5. The Bertz CT molecular complexity index is 910. The second-order valence-corrected chi connectivity index (χ2v) is 5.90. The van der Waals surface area contributed by atoms with Gasteiger partial charge in [-0.05, 0) is 42.8 Å². The highest BCUT2D eigenvalue weighted by molar-refractivity contribution is 5.97. The van der Waals surface area contributed by atoms with Gasteiger partial charge in [0.25, 0.3) is 5.91 Å². The van der Waals surface area contributed by atoms with Crippen molar-refractivity contribution in [2.24, 2.45) is 0 Å². The number of amides is 1. The number of para-hydroxylation sites is 2. The van der Waals surface area contributed by atoms with E-state index in [9.17, 15) is 31.5 Å². The summed E-state index contributed by atoms with van der Waals surface area (Å²) in [5.74, 6) is -1.98. The molecule has 1 N–H and O–H groups in total. The van der Waals surface area contributed by atoms with Crippen LogP contribution in [-0.2, 0) is 20.5 Å². The van der Waals surface area contributed by atoms with Crippen LogP contribution in [0.25, 0.3) is 6.08 Å². The Labute approximate surface area is 168 Å². The first kappa shape index (κ1) is 22.9. The quantitative estimate of drug-likeness (QED) is 0.387. The van der Waals surface area contributed by atoms with Gasteiger partial charge < -0.3 is 14.8 Å². The van der Waals surface area contributed by atoms with E-state index in [2.05, 4.69) is 10.1 Å². The predicted molar refractivity (Wildman–Crippen MR) is 97.7 cm³/mol. The summed E-state index contributed by atoms with van der Waals surface area (Å²) in [6.45, 7) is -1.83. The van der Waals surface area contributed by atoms with E-state index in [0.717, 1.165) is 18.2 Å². The van der Waals surface area contributed by atoms with Crippen molar-refractivity contribution in [2.45, 2.75) is 25.8 Å². The van der Waals surface area contributed by atoms with E-state index >= 15 is 0 Å². The number of nitrogens with one attached hydrogen (secondary N) is 1. The van der Waals surface area contributed by atoms with Crippen LogP contribution in [0.4, 0.5) is 27.6 Å². The second-order valence-electron chi connectivity index (χ2n) is 5.90. The summed E-state index contributed by atoms with van der Waals surface area (Å²) in [7, 11) is 0. The molecule has 2 aromatic carbocycles. The van der Waals surface area contributed by atoms with E-state index in [1.165, 1.54) is 49.4 Å². The van der Waals surface area contributed by atoms with Gasteiger partial charge in [-0.3, -0.25) is 4.79 Å². The lowest BCUT2D eigenvalue weighted by Crippen LogP contribution is -2.29. The molecular weight excluding hydrogens is 413 g/mol. The van der Waals surface area contributed by atoms with E-state index in [-0.39, 0.29) is 11.4 Å².